The van der Waals surface area contributed by atoms with Crippen LogP contribution in [0, 0.1) is 0 Å². The van der Waals surface area contributed by atoms with Gasteiger partial charge in [-0.15, -0.1) is 0 Å². The third-order valence-electron chi connectivity index (χ3n) is 5.89. The van der Waals surface area contributed by atoms with Crippen molar-refractivity contribution in [2.24, 2.45) is 0 Å². The SMILES string of the molecule is Oc1ccc(-c2nc3ccc4[nH]ncc4c3c3c2CCCC3)c2cccnc12. The predicted octanol–water partition coefficient (Wildman–Crippen LogP) is 4.91. The molecular formula is C23H18N4O. The number of H-pyrrole nitrogens is 1. The number of aromatic hydroxyl groups is 1. The molecule has 2 aromatic carbocycles. The monoisotopic (exact) mass is 366 g/mol. The van der Waals surface area contributed by atoms with E-state index in [0.717, 1.165) is 45.9 Å². The minimum Gasteiger partial charge on any atom is -0.506 e. The molecule has 1 aliphatic rings. The molecule has 136 valence electrons. The number of aryl methyl sites for hydroxylation is 1. The molecule has 0 aliphatic heterocycles. The van der Waals surface area contributed by atoms with Crippen LogP contribution in [-0.2, 0) is 12.8 Å². The molecule has 28 heavy (non-hydrogen) atoms. The van der Waals surface area contributed by atoms with E-state index in [1.807, 2.05) is 30.5 Å². The fourth-order valence-corrected chi connectivity index (χ4v) is 4.63. The first-order valence-electron chi connectivity index (χ1n) is 9.66. The Morgan fingerprint density at radius 2 is 1.82 bits per heavy atom. The maximum absolute atomic E-state index is 10.3. The number of aromatic amines is 1. The molecule has 0 bridgehead atoms. The first-order valence-corrected chi connectivity index (χ1v) is 9.66. The first kappa shape index (κ1) is 15.6. The van der Waals surface area contributed by atoms with Gasteiger partial charge in [-0.2, -0.15) is 5.10 Å². The van der Waals surface area contributed by atoms with Gasteiger partial charge in [0.15, 0.2) is 0 Å². The van der Waals surface area contributed by atoms with Crippen LogP contribution in [0.1, 0.15) is 24.0 Å². The molecule has 0 atom stereocenters. The number of aromatic nitrogens is 4. The molecule has 3 heterocycles. The largest absolute Gasteiger partial charge is 0.506 e. The number of nitrogens with zero attached hydrogens (tertiary/aromatic N) is 3. The summed E-state index contributed by atoms with van der Waals surface area (Å²) in [5, 5.41) is 20.9. The topological polar surface area (TPSA) is 74.7 Å². The Hall–Kier alpha value is -3.47. The number of phenolic OH excluding ortho intramolecular Hbond substituents is 1. The van der Waals surface area contributed by atoms with Gasteiger partial charge in [-0.25, -0.2) is 4.98 Å². The quantitative estimate of drug-likeness (QED) is 0.442. The molecule has 2 N–H and O–H groups in total. The number of hydrogen-bond donors (Lipinski definition) is 2. The van der Waals surface area contributed by atoms with E-state index in [1.54, 1.807) is 12.3 Å². The molecule has 5 heteroatoms. The molecule has 0 fully saturated rings. The van der Waals surface area contributed by atoms with Crippen LogP contribution in [0.2, 0.25) is 0 Å². The fraction of sp³-hybridized carbons (Fsp3) is 0.174. The van der Waals surface area contributed by atoms with E-state index in [4.69, 9.17) is 4.98 Å². The van der Waals surface area contributed by atoms with Gasteiger partial charge in [0.25, 0.3) is 0 Å². The van der Waals surface area contributed by atoms with Crippen molar-refractivity contribution in [3.63, 3.8) is 0 Å². The number of rotatable bonds is 1. The van der Waals surface area contributed by atoms with Crippen LogP contribution >= 0.6 is 0 Å². The molecule has 0 spiro atoms. The summed E-state index contributed by atoms with van der Waals surface area (Å²) in [5.74, 6) is 0.203. The van der Waals surface area contributed by atoms with Crippen LogP contribution in [0.3, 0.4) is 0 Å². The average Bonchev–Trinajstić information content (AvgIpc) is 3.22. The molecule has 0 unspecified atom stereocenters. The molecule has 0 saturated carbocycles. The minimum atomic E-state index is 0.203. The Morgan fingerprint density at radius 1 is 0.929 bits per heavy atom. The van der Waals surface area contributed by atoms with E-state index >= 15 is 0 Å². The summed E-state index contributed by atoms with van der Waals surface area (Å²) in [5.41, 5.74) is 7.43. The van der Waals surface area contributed by atoms with Crippen LogP contribution < -0.4 is 0 Å². The van der Waals surface area contributed by atoms with Crippen molar-refractivity contribution in [1.82, 2.24) is 20.2 Å². The maximum Gasteiger partial charge on any atom is 0.141 e. The summed E-state index contributed by atoms with van der Waals surface area (Å²) in [6, 6.07) is 11.7. The summed E-state index contributed by atoms with van der Waals surface area (Å²) in [4.78, 5) is 9.50. The van der Waals surface area contributed by atoms with Gasteiger partial charge in [-0.05, 0) is 67.1 Å². The van der Waals surface area contributed by atoms with Gasteiger partial charge < -0.3 is 5.11 Å². The zero-order valence-electron chi connectivity index (χ0n) is 15.2. The van der Waals surface area contributed by atoms with Crippen LogP contribution in [0.15, 0.2) is 48.8 Å². The highest BCUT2D eigenvalue weighted by atomic mass is 16.3. The fourth-order valence-electron chi connectivity index (χ4n) is 4.63. The molecule has 5 aromatic rings. The normalized spacial score (nSPS) is 14.0. The van der Waals surface area contributed by atoms with Gasteiger partial charge in [0.2, 0.25) is 0 Å². The van der Waals surface area contributed by atoms with Crippen LogP contribution in [0.5, 0.6) is 5.75 Å². The van der Waals surface area contributed by atoms with Crippen molar-refractivity contribution in [2.45, 2.75) is 25.7 Å². The molecule has 5 nitrogen and oxygen atoms in total. The van der Waals surface area contributed by atoms with E-state index in [-0.39, 0.29) is 5.75 Å². The highest BCUT2D eigenvalue weighted by Gasteiger charge is 2.22. The number of nitrogens with one attached hydrogen (secondary N) is 1. The Bertz CT molecular complexity index is 1390. The van der Waals surface area contributed by atoms with Crippen LogP contribution in [0.25, 0.3) is 44.0 Å². The second-order valence-corrected chi connectivity index (χ2v) is 7.45. The second-order valence-electron chi connectivity index (χ2n) is 7.45. The minimum absolute atomic E-state index is 0.203. The van der Waals surface area contributed by atoms with Gasteiger partial charge in [0.05, 0.1) is 22.9 Å². The van der Waals surface area contributed by atoms with Crippen LogP contribution in [-0.4, -0.2) is 25.3 Å². The summed E-state index contributed by atoms with van der Waals surface area (Å²) in [6.07, 6.45) is 8.06. The third-order valence-corrected chi connectivity index (χ3v) is 5.89. The van der Waals surface area contributed by atoms with Gasteiger partial charge in [0, 0.05) is 27.9 Å². The van der Waals surface area contributed by atoms with E-state index in [1.165, 1.54) is 29.4 Å². The number of hydrogen-bond acceptors (Lipinski definition) is 4. The predicted molar refractivity (Wildman–Crippen MR) is 110 cm³/mol. The molecule has 0 radical (unpaired) electrons. The summed E-state index contributed by atoms with van der Waals surface area (Å²) in [7, 11) is 0. The number of benzene rings is 2. The highest BCUT2D eigenvalue weighted by Crippen LogP contribution is 2.40. The second kappa shape index (κ2) is 5.76. The van der Waals surface area contributed by atoms with Gasteiger partial charge in [-0.3, -0.25) is 10.1 Å². The number of phenols is 1. The number of fused-ring (bicyclic) bond motifs is 6. The average molecular weight is 366 g/mol. The van der Waals surface area contributed by atoms with Gasteiger partial charge in [0.1, 0.15) is 11.3 Å². The van der Waals surface area contributed by atoms with Crippen molar-refractivity contribution in [1.29, 1.82) is 0 Å². The Kier molecular flexibility index (Phi) is 3.20. The Morgan fingerprint density at radius 3 is 2.75 bits per heavy atom. The van der Waals surface area contributed by atoms with E-state index in [0.29, 0.717) is 5.52 Å². The van der Waals surface area contributed by atoms with E-state index in [9.17, 15) is 5.11 Å². The van der Waals surface area contributed by atoms with Crippen LogP contribution in [0.4, 0.5) is 0 Å². The van der Waals surface area contributed by atoms with E-state index in [2.05, 4.69) is 21.2 Å². The molecule has 1 aliphatic carbocycles. The number of pyridine rings is 2. The van der Waals surface area contributed by atoms with Crippen molar-refractivity contribution >= 4 is 32.7 Å². The molecule has 3 aromatic heterocycles. The van der Waals surface area contributed by atoms with E-state index < -0.39 is 0 Å². The lowest BCUT2D eigenvalue weighted by Crippen LogP contribution is -2.08. The lowest BCUT2D eigenvalue weighted by atomic mass is 9.85. The zero-order valence-corrected chi connectivity index (χ0v) is 15.2. The van der Waals surface area contributed by atoms with Gasteiger partial charge in [-0.1, -0.05) is 6.07 Å². The lowest BCUT2D eigenvalue weighted by molar-refractivity contribution is 0.480. The highest BCUT2D eigenvalue weighted by molar-refractivity contribution is 6.08. The lowest BCUT2D eigenvalue weighted by Gasteiger charge is -2.22. The summed E-state index contributed by atoms with van der Waals surface area (Å²) in [6.45, 7) is 0. The Labute approximate surface area is 161 Å². The maximum atomic E-state index is 10.3. The van der Waals surface area contributed by atoms with Crippen molar-refractivity contribution in [2.75, 3.05) is 0 Å². The molecular weight excluding hydrogens is 348 g/mol. The van der Waals surface area contributed by atoms with Crippen molar-refractivity contribution in [3.8, 4) is 17.0 Å². The standard InChI is InChI=1S/C23H18N4O/c28-20-10-7-16(15-6-3-11-24-23(15)20)22-14-5-2-1-4-13(14)21-17-12-25-27-18(17)8-9-19(21)26-22/h3,6-12,28H,1-2,4-5H2,(H,25,27). The van der Waals surface area contributed by atoms with Crippen molar-refractivity contribution in [3.05, 3.63) is 59.9 Å². The van der Waals surface area contributed by atoms with Crippen molar-refractivity contribution < 1.29 is 5.11 Å². The first-order chi connectivity index (χ1) is 13.8. The molecule has 6 rings (SSSR count). The molecule has 0 saturated heterocycles. The Balaban J connectivity index is 1.76. The third kappa shape index (κ3) is 2.10. The molecule has 0 amide bonds. The summed E-state index contributed by atoms with van der Waals surface area (Å²) < 4.78 is 0. The van der Waals surface area contributed by atoms with Gasteiger partial charge >= 0.3 is 0 Å². The summed E-state index contributed by atoms with van der Waals surface area (Å²) >= 11 is 0. The smallest absolute Gasteiger partial charge is 0.141 e. The zero-order chi connectivity index (χ0) is 18.7.